The van der Waals surface area contributed by atoms with E-state index in [1.165, 1.54) is 6.92 Å². The lowest BCUT2D eigenvalue weighted by Gasteiger charge is -2.21. The molecule has 5 aliphatic heterocycles. The molecule has 10 heterocycles. The molecule has 25 atom stereocenters. The highest BCUT2D eigenvalue weighted by Gasteiger charge is 2.51. The molecule has 0 bridgehead atoms. The first-order valence-electron chi connectivity index (χ1n) is 39.9. The van der Waals surface area contributed by atoms with Crippen molar-refractivity contribution in [3.05, 3.63) is 132 Å². The summed E-state index contributed by atoms with van der Waals surface area (Å²) in [6.07, 6.45) is -21.5. The molecule has 133 heavy (non-hydrogen) atoms. The minimum absolute atomic E-state index is 0.0775. The standard InChI is InChI=1S/C20H26N4O8.C19H24N4O8.C14H22N4O7.C12H18N4O7.C11H16N4O7/c1-10(30-7-11-5-3-2-4-6-11)13(21)20(29)31-8-12-15(25)16(26)19(32-12)24-9-23-14(17(22)27)18(24)28;20-11(7-29-6-10-4-2-1-3-5-10)19(28)30-8-12-14(24)15(25)18(31-12)23-9-22-13(16(21)26)17(23)27;1-5(2)7(15)14(23)24-3-6-9(19)10(20)13(25-6)18-4-17-8(11(16)21)12(18)22;1-4(13)12(21)22-2-5-7(17)8(18)11(23-5)16-3-15-6(9(14)19)10(16)20;12-1-5(16)21-2-4-7(17)8(18)11(22-4)15-3-14-6(9(13)19)10(15)20/h2-6,9-10,12-13,15-16,19,25-26,28H,7-8,21H2,1H3,(H2,22,27);1-5,9,11-12,14-15,18,24-25,27H,6-8,20H2,(H2,21,26);4-7,9-10,13,19-20,22H,3,15H2,1-2H3,(H2,16,21);3-5,7-8,11,17-18,20H,2,13H2,1H3,(H2,14,19);3-4,7-8,11,17-18,20H,1-2,12H2,(H2,13,19)/t10-,12-,13+,15?,16-,19-;11-,12+,14?,15+,18+;6-,7+,9?,10-,13-;4-,5+,7?,8+,11+;4-,7?,8-,11-/m10101/s1. The number of aromatic nitrogens is 10. The van der Waals surface area contributed by atoms with Gasteiger partial charge in [-0.3, -0.25) is 70.8 Å². The number of hydrogen-bond donors (Lipinski definition) is 25. The van der Waals surface area contributed by atoms with Crippen LogP contribution in [0.2, 0.25) is 0 Å². The van der Waals surface area contributed by atoms with E-state index >= 15 is 0 Å². The van der Waals surface area contributed by atoms with Crippen molar-refractivity contribution in [2.24, 2.45) is 63.3 Å². The number of carbonyl (C=O) groups excluding carboxylic acids is 10. The number of aliphatic hydroxyl groups is 10. The van der Waals surface area contributed by atoms with Crippen molar-refractivity contribution in [1.29, 1.82) is 0 Å². The van der Waals surface area contributed by atoms with Crippen LogP contribution in [0, 0.1) is 5.92 Å². The van der Waals surface area contributed by atoms with Gasteiger partial charge in [-0.1, -0.05) is 74.5 Å². The summed E-state index contributed by atoms with van der Waals surface area (Å²) in [5, 5.41) is 151. The van der Waals surface area contributed by atoms with E-state index in [0.717, 1.165) is 65.6 Å². The molecule has 57 nitrogen and oxygen atoms in total. The summed E-state index contributed by atoms with van der Waals surface area (Å²) in [5.41, 5.74) is 52.8. The fourth-order valence-corrected chi connectivity index (χ4v) is 12.7. The Hall–Kier alpha value is -12.7. The zero-order chi connectivity index (χ0) is 98.6. The molecule has 5 unspecified atom stereocenters. The number of aliphatic hydroxyl groups excluding tert-OH is 10. The van der Waals surface area contributed by atoms with E-state index in [1.807, 2.05) is 60.7 Å². The lowest BCUT2D eigenvalue weighted by Crippen LogP contribution is -2.44. The van der Waals surface area contributed by atoms with Crippen LogP contribution in [0.1, 0.15) is 122 Å². The van der Waals surface area contributed by atoms with Crippen molar-refractivity contribution in [3.8, 4) is 29.4 Å². The van der Waals surface area contributed by atoms with E-state index in [2.05, 4.69) is 24.9 Å². The zero-order valence-electron chi connectivity index (χ0n) is 71.0. The first-order valence-corrected chi connectivity index (χ1v) is 39.9. The van der Waals surface area contributed by atoms with Crippen LogP contribution in [0.3, 0.4) is 0 Å². The highest BCUT2D eigenvalue weighted by Crippen LogP contribution is 2.39. The van der Waals surface area contributed by atoms with E-state index in [1.54, 1.807) is 20.8 Å². The van der Waals surface area contributed by atoms with Crippen LogP contribution in [-0.4, -0.2) is 352 Å². The maximum Gasteiger partial charge on any atom is 0.325 e. The fraction of sp³-hybridized carbons (Fsp3) is 0.513. The van der Waals surface area contributed by atoms with E-state index < -0.39 is 283 Å². The molecule has 0 spiro atoms. The van der Waals surface area contributed by atoms with Gasteiger partial charge in [0.2, 0.25) is 29.4 Å². The topological polar surface area (TPSA) is 934 Å². The molecule has 57 heteroatoms. The molecule has 0 aliphatic carbocycles. The summed E-state index contributed by atoms with van der Waals surface area (Å²) >= 11 is 0. The maximum atomic E-state index is 12.3. The van der Waals surface area contributed by atoms with Crippen LogP contribution in [-0.2, 0) is 94.0 Å². The normalized spacial score (nSPS) is 26.3. The molecule has 35 N–H and O–H groups in total. The Morgan fingerprint density at radius 1 is 0.361 bits per heavy atom. The molecule has 5 aromatic heterocycles. The molecule has 5 amide bonds. The van der Waals surface area contributed by atoms with Crippen molar-refractivity contribution in [3.63, 3.8) is 0 Å². The predicted molar refractivity (Wildman–Crippen MR) is 435 cm³/mol. The van der Waals surface area contributed by atoms with Crippen molar-refractivity contribution in [2.45, 2.75) is 194 Å². The van der Waals surface area contributed by atoms with Gasteiger partial charge in [0.25, 0.3) is 29.5 Å². The number of benzene rings is 2. The SMILES string of the molecule is CC(C)[C@H](N)C(=O)OC[C@H]1O[C@@H](n2cnc(C(N)=O)c2O)[C@H](O)C1O.C[C@@H](OCc1ccccc1)[C@H](N)C(=O)OC[C@H]1O[C@@H](n2cnc(C(N)=O)c2O)[C@H](O)C1O.C[C@H](N)C(=O)OC[C@H]1O[C@@H](n2cnc(C(N)=O)c2O)[C@H](O)C1O.NC(=O)c1ncn([C@@H]2O[C@H](COC(=O)[C@@H](N)COCc3ccccc3)C(O)[C@H]2O)c1O.NCC(=O)OC[C@H]1O[C@@H](n2cnc(C(N)=O)c2O)[C@H](O)C1O. The number of esters is 5. The lowest BCUT2D eigenvalue weighted by molar-refractivity contribution is -0.155. The summed E-state index contributed by atoms with van der Waals surface area (Å²) in [6.45, 7) is 4.88. The number of rotatable bonds is 34. The molecule has 7 aromatic rings. The Morgan fingerprint density at radius 2 is 0.617 bits per heavy atom. The van der Waals surface area contributed by atoms with Gasteiger partial charge in [0.1, 0.15) is 180 Å². The third kappa shape index (κ3) is 26.2. The molecule has 5 fully saturated rings. The van der Waals surface area contributed by atoms with Gasteiger partial charge in [-0.05, 0) is 30.9 Å². The number of hydrogen-bond acceptors (Lipinski definition) is 47. The number of carbonyl (C=O) groups is 10. The van der Waals surface area contributed by atoms with Gasteiger partial charge >= 0.3 is 29.8 Å². The molecule has 0 saturated carbocycles. The minimum atomic E-state index is -1.50. The van der Waals surface area contributed by atoms with Gasteiger partial charge in [0.05, 0.1) is 32.5 Å². The Kier molecular flexibility index (Phi) is 37.8. The molecular formula is C76H106N20O37. The largest absolute Gasteiger partial charge is 0.493 e. The Bertz CT molecular complexity index is 5080. The zero-order valence-corrected chi connectivity index (χ0v) is 71.0. The van der Waals surface area contributed by atoms with Gasteiger partial charge in [0, 0.05) is 0 Å². The van der Waals surface area contributed by atoms with Gasteiger partial charge < -0.3 is 191 Å². The predicted octanol–water partition coefficient (Wildman–Crippen LogP) is -11.0. The van der Waals surface area contributed by atoms with Gasteiger partial charge in [-0.15, -0.1) is 0 Å². The second kappa shape index (κ2) is 47.6. The quantitative estimate of drug-likeness (QED) is 0.0132. The summed E-state index contributed by atoms with van der Waals surface area (Å²) in [4.78, 5) is 132. The molecule has 0 radical (unpaired) electrons. The number of primary amides is 5. The minimum Gasteiger partial charge on any atom is -0.493 e. The van der Waals surface area contributed by atoms with Gasteiger partial charge in [-0.25, -0.2) is 24.9 Å². The number of nitrogens with zero attached hydrogens (tertiary/aromatic N) is 10. The summed E-state index contributed by atoms with van der Waals surface area (Å²) in [6, 6.07) is 14.9. The molecular weight excluding hydrogens is 1780 g/mol. The maximum absolute atomic E-state index is 12.3. The molecule has 12 rings (SSSR count). The monoisotopic (exact) mass is 1890 g/mol. The molecule has 5 aliphatic rings. The molecule has 2 aromatic carbocycles. The van der Waals surface area contributed by atoms with E-state index in [4.69, 9.17) is 114 Å². The Labute approximate surface area is 750 Å². The average molecular weight is 1890 g/mol. The third-order valence-electron chi connectivity index (χ3n) is 20.4. The lowest BCUT2D eigenvalue weighted by atomic mass is 10.1. The Balaban J connectivity index is 0.000000206. The van der Waals surface area contributed by atoms with E-state index in [9.17, 15) is 125 Å². The van der Waals surface area contributed by atoms with Crippen LogP contribution in [0.25, 0.3) is 0 Å². The van der Waals surface area contributed by atoms with Crippen molar-refractivity contribution < 1.29 is 181 Å². The molecule has 5 saturated heterocycles. The van der Waals surface area contributed by atoms with E-state index in [0.29, 0.717) is 0 Å². The summed E-state index contributed by atoms with van der Waals surface area (Å²) in [7, 11) is 0. The highest BCUT2D eigenvalue weighted by atomic mass is 16.6. The molecule has 732 valence electrons. The van der Waals surface area contributed by atoms with Crippen LogP contribution in [0.5, 0.6) is 29.4 Å². The second-order valence-corrected chi connectivity index (χ2v) is 30.3. The van der Waals surface area contributed by atoms with Crippen LogP contribution >= 0.6 is 0 Å². The number of ether oxygens (including phenoxy) is 12. The summed E-state index contributed by atoms with van der Waals surface area (Å²) in [5.74, 6) is -11.6. The first-order chi connectivity index (χ1) is 62.7. The second-order valence-electron chi connectivity index (χ2n) is 30.3. The van der Waals surface area contributed by atoms with Gasteiger partial charge in [0.15, 0.2) is 59.6 Å². The summed E-state index contributed by atoms with van der Waals surface area (Å²) < 4.78 is 67.6. The number of imidazole rings is 5. The van der Waals surface area contributed by atoms with Crippen LogP contribution in [0.4, 0.5) is 0 Å². The van der Waals surface area contributed by atoms with Crippen LogP contribution in [0.15, 0.2) is 92.3 Å². The van der Waals surface area contributed by atoms with Gasteiger partial charge in [-0.2, -0.15) is 0 Å². The first kappa shape index (κ1) is 106. The number of amides is 5. The Morgan fingerprint density at radius 3 is 0.872 bits per heavy atom. The van der Waals surface area contributed by atoms with Crippen molar-refractivity contribution in [2.75, 3.05) is 46.2 Å². The fourth-order valence-electron chi connectivity index (χ4n) is 12.7. The smallest absolute Gasteiger partial charge is 0.325 e. The van der Waals surface area contributed by atoms with E-state index in [-0.39, 0.29) is 52.1 Å². The van der Waals surface area contributed by atoms with Crippen molar-refractivity contribution in [1.82, 2.24) is 47.8 Å². The van der Waals surface area contributed by atoms with Crippen LogP contribution < -0.4 is 57.3 Å². The number of aromatic hydroxyl groups is 5. The highest BCUT2D eigenvalue weighted by molar-refractivity contribution is 5.95. The number of nitrogens with two attached hydrogens (primary N) is 10. The third-order valence-corrected chi connectivity index (χ3v) is 20.4. The average Bonchev–Trinajstić information content (AvgIpc) is 1.66. The van der Waals surface area contributed by atoms with Crippen molar-refractivity contribution >= 4 is 59.4 Å².